The van der Waals surface area contributed by atoms with Gasteiger partial charge in [0, 0.05) is 51.0 Å². The van der Waals surface area contributed by atoms with Crippen molar-refractivity contribution in [2.75, 3.05) is 63.3 Å². The number of nitrogen functional groups attached to an aromatic ring is 2. The zero-order valence-corrected chi connectivity index (χ0v) is 55.8. The Hall–Kier alpha value is -7.78. The second-order valence-electron chi connectivity index (χ2n) is 23.0. The molecule has 8 rings (SSSR count). The van der Waals surface area contributed by atoms with Crippen LogP contribution in [0.1, 0.15) is 90.2 Å². The molecule has 3 aliphatic heterocycles. The number of carbonyl (C=O) groups excluding carboxylic acids is 7. The molecular weight excluding hydrogens is 1350 g/mol. The summed E-state index contributed by atoms with van der Waals surface area (Å²) in [6.07, 6.45) is -7.43. The van der Waals surface area contributed by atoms with Crippen LogP contribution in [0.3, 0.4) is 0 Å². The van der Waals surface area contributed by atoms with Gasteiger partial charge in [-0.05, 0) is 72.9 Å². The molecule has 41 heteroatoms. The SMILES string of the molecule is CC(CC(=O)NCCCCCC(=O)N[C@H](C(=O)C[C@@H](CCCNC(N)=O)C(=O)Nc1ccc(COC(=O)N(C)CCOC(=O)O[C@@H]2[C@@H]3OP(O)(=S)OC[C@H]4O[C@@H](n5cnc6c(N)ncnc65)[C@H](OP(O)(=S)OC[C@H]3O[C@H]2n2cnc3c(N)ncnc32)[C@@H]4O)cc1)C(C)C)C(=O)O. The van der Waals surface area contributed by atoms with Crippen molar-refractivity contribution in [3.05, 3.63) is 55.1 Å². The average Bonchev–Trinajstić information content (AvgIpc) is 1.61. The molecule has 4 aromatic heterocycles. The minimum Gasteiger partial charge on any atom is -0.481 e. The van der Waals surface area contributed by atoms with E-state index in [9.17, 15) is 53.2 Å². The number of primary amides is 1. The van der Waals surface area contributed by atoms with Gasteiger partial charge in [0.1, 0.15) is 67.4 Å². The van der Waals surface area contributed by atoms with Crippen LogP contribution < -0.4 is 38.5 Å². The van der Waals surface area contributed by atoms with E-state index in [0.29, 0.717) is 37.1 Å². The van der Waals surface area contributed by atoms with Crippen LogP contribution in [0, 0.1) is 17.8 Å². The maximum absolute atomic E-state index is 13.8. The van der Waals surface area contributed by atoms with E-state index < -0.39 is 130 Å². The number of ether oxygens (including phenoxy) is 5. The monoisotopic (exact) mass is 1420 g/mol. The van der Waals surface area contributed by atoms with Crippen LogP contribution in [0.4, 0.5) is 31.7 Å². The molecule has 3 aliphatic rings. The van der Waals surface area contributed by atoms with Gasteiger partial charge >= 0.3 is 37.7 Å². The molecule has 3 saturated heterocycles. The molecule has 0 spiro atoms. The van der Waals surface area contributed by atoms with Gasteiger partial charge in [0.05, 0.1) is 44.4 Å². The number of benzene rings is 1. The van der Waals surface area contributed by atoms with Crippen LogP contribution in [-0.2, 0) is 96.0 Å². The lowest BCUT2D eigenvalue weighted by Gasteiger charge is -2.29. The average molecular weight is 1420 g/mol. The van der Waals surface area contributed by atoms with E-state index in [1.165, 1.54) is 42.1 Å². The number of nitrogens with one attached hydrogen (secondary N) is 4. The molecular formula is C55H76N16O21P2S2. The van der Waals surface area contributed by atoms with Crippen molar-refractivity contribution in [3.8, 4) is 0 Å². The van der Waals surface area contributed by atoms with Gasteiger partial charge in [-0.15, -0.1) is 0 Å². The third kappa shape index (κ3) is 19.9. The fourth-order valence-corrected chi connectivity index (χ4v) is 13.2. The number of likely N-dealkylation sites (N-methyl/N-ethyl adjacent to an activating group) is 1. The van der Waals surface area contributed by atoms with Crippen molar-refractivity contribution in [2.45, 2.75) is 134 Å². The number of hydrogen-bond acceptors (Lipinski definition) is 28. The van der Waals surface area contributed by atoms with Gasteiger partial charge in [-0.1, -0.05) is 39.3 Å². The Labute approximate surface area is 558 Å². The number of aliphatic hydroxyl groups excluding tert-OH is 1. The molecule has 37 nitrogen and oxygen atoms in total. The number of rotatable bonds is 28. The second kappa shape index (κ2) is 33.5. The number of nitrogens with zero attached hydrogens (tertiary/aromatic N) is 9. The first-order valence-corrected chi connectivity index (χ1v) is 35.4. The van der Waals surface area contributed by atoms with E-state index in [0.717, 1.165) is 11.2 Å². The molecule has 96 heavy (non-hydrogen) atoms. The van der Waals surface area contributed by atoms with Crippen molar-refractivity contribution in [1.82, 2.24) is 59.9 Å². The minimum absolute atomic E-state index is 0.0193. The molecule has 0 radical (unpaired) electrons. The molecule has 0 saturated carbocycles. The third-order valence-corrected chi connectivity index (χ3v) is 18.6. The van der Waals surface area contributed by atoms with Crippen LogP contribution in [-0.4, -0.2) is 201 Å². The predicted molar refractivity (Wildman–Crippen MR) is 342 cm³/mol. The van der Waals surface area contributed by atoms with Gasteiger partial charge in [0.15, 0.2) is 47.3 Å². The fourth-order valence-electron chi connectivity index (χ4n) is 10.4. The molecule has 0 aliphatic carbocycles. The van der Waals surface area contributed by atoms with Crippen molar-refractivity contribution < 1.29 is 100 Å². The number of aliphatic carboxylic acids is 1. The van der Waals surface area contributed by atoms with Gasteiger partial charge in [-0.25, -0.2) is 44.3 Å². The summed E-state index contributed by atoms with van der Waals surface area (Å²) in [5.41, 5.74) is 18.7. The molecule has 1 aromatic carbocycles. The number of amides is 6. The molecule has 3 fully saturated rings. The van der Waals surface area contributed by atoms with Crippen LogP contribution >= 0.6 is 13.4 Å². The van der Waals surface area contributed by atoms with E-state index in [2.05, 4.69) is 51.2 Å². The van der Waals surface area contributed by atoms with Gasteiger partial charge in [-0.2, -0.15) is 0 Å². The molecule has 13 atom stereocenters. The van der Waals surface area contributed by atoms with Crippen LogP contribution in [0.15, 0.2) is 49.6 Å². The van der Waals surface area contributed by atoms with Crippen LogP contribution in [0.5, 0.6) is 0 Å². The number of fused-ring (bicyclic) bond motifs is 5. The Morgan fingerprint density at radius 3 is 1.99 bits per heavy atom. The molecule has 3 unspecified atom stereocenters. The highest BCUT2D eigenvalue weighted by Gasteiger charge is 2.55. The largest absolute Gasteiger partial charge is 0.508 e. The summed E-state index contributed by atoms with van der Waals surface area (Å²) >= 11 is 10.9. The Kier molecular flexibility index (Phi) is 25.8. The number of anilines is 3. The van der Waals surface area contributed by atoms with Crippen LogP contribution in [0.2, 0.25) is 0 Å². The first-order valence-electron chi connectivity index (χ1n) is 30.2. The first-order chi connectivity index (χ1) is 45.6. The Bertz CT molecular complexity index is 3710. The van der Waals surface area contributed by atoms with E-state index >= 15 is 0 Å². The van der Waals surface area contributed by atoms with Gasteiger partial charge in [0.25, 0.3) is 0 Å². The summed E-state index contributed by atoms with van der Waals surface area (Å²) in [4.78, 5) is 151. The lowest BCUT2D eigenvalue weighted by molar-refractivity contribution is -0.143. The number of carboxylic acids is 1. The number of aliphatic hydroxyl groups is 1. The number of ketones is 1. The smallest absolute Gasteiger partial charge is 0.481 e. The van der Waals surface area contributed by atoms with Gasteiger partial charge in [-0.3, -0.25) is 42.2 Å². The summed E-state index contributed by atoms with van der Waals surface area (Å²) < 4.78 is 55.5. The zero-order chi connectivity index (χ0) is 69.6. The highest BCUT2D eigenvalue weighted by molar-refractivity contribution is 8.07. The lowest BCUT2D eigenvalue weighted by atomic mass is 9.89. The molecule has 7 heterocycles. The zero-order valence-electron chi connectivity index (χ0n) is 52.4. The summed E-state index contributed by atoms with van der Waals surface area (Å²) in [5, 5.41) is 31.3. The summed E-state index contributed by atoms with van der Waals surface area (Å²) in [7, 11) is 1.37. The fraction of sp³-hybridized carbons (Fsp3) is 0.564. The Morgan fingerprint density at radius 1 is 0.760 bits per heavy atom. The van der Waals surface area contributed by atoms with E-state index in [4.69, 9.17) is 87.7 Å². The Balaban J connectivity index is 0.843. The summed E-state index contributed by atoms with van der Waals surface area (Å²) in [6.45, 7) is -5.78. The number of unbranched alkanes of at least 4 members (excludes halogenated alkanes) is 2. The van der Waals surface area contributed by atoms with Crippen molar-refractivity contribution in [1.29, 1.82) is 0 Å². The number of carbonyl (C=O) groups is 8. The van der Waals surface area contributed by atoms with Crippen molar-refractivity contribution >= 4 is 124 Å². The van der Waals surface area contributed by atoms with E-state index in [1.807, 2.05) is 0 Å². The standard InChI is InChI=1S/C55H76N16O21P2S2/c1-28(2)38(68-36(73)10-6-5-7-15-59-37(74)19-29(3)52(77)78)33(72)20-31(9-8-16-60-53(58)79)49(76)67-32-13-11-30(12-14-32)21-85-54(80)69(4)17-18-84-55(81)90-44-42-35(89-51(44)71-27-66-40-46(57)62-25-64-48(40)71)23-87-94(83,96)92-43-41(75)34(22-86-93(82,95)91-42)88-50(43)70-26-65-39-45(56)61-24-63-47(39)70/h11-14,24-29,31,34-35,38,41-44,50-51,75H,5-10,15-23H2,1-4H3,(H,59,74)(H,67,76)(H,68,73)(H,77,78)(H,82,95)(H,83,96)(H2,56,61,63)(H2,57,62,64)(H3,58,60,79)/t29?,31-,34-,35-,38+,41-,42-,43-,44-,50-,51-,93?,94?/m1/s1. The van der Waals surface area contributed by atoms with Crippen molar-refractivity contribution in [2.24, 2.45) is 23.5 Å². The number of aromatic nitrogens is 8. The van der Waals surface area contributed by atoms with E-state index in [1.54, 1.807) is 38.1 Å². The number of urea groups is 1. The minimum atomic E-state index is -4.49. The second-order valence-corrected chi connectivity index (χ2v) is 28.6. The first kappa shape index (κ1) is 74.0. The normalized spacial score (nSPS) is 24.4. The number of carboxylic acid groups (broad SMARTS) is 1. The topological polar surface area (TPSA) is 517 Å². The quantitative estimate of drug-likeness (QED) is 0.0194. The summed E-state index contributed by atoms with van der Waals surface area (Å²) in [5.74, 6) is -4.73. The van der Waals surface area contributed by atoms with Gasteiger partial charge < -0.3 is 96.1 Å². The maximum Gasteiger partial charge on any atom is 0.508 e. The maximum atomic E-state index is 13.8. The number of hydrogen-bond donors (Lipinski definition) is 11. The molecule has 2 bridgehead atoms. The third-order valence-electron chi connectivity index (χ3n) is 15.5. The van der Waals surface area contributed by atoms with E-state index in [-0.39, 0.29) is 109 Å². The predicted octanol–water partition coefficient (Wildman–Crippen LogP) is 1.92. The van der Waals surface area contributed by atoms with Gasteiger partial charge in [0.2, 0.25) is 17.7 Å². The molecule has 6 amide bonds. The molecule has 524 valence electrons. The molecule has 14 N–H and O–H groups in total. The summed E-state index contributed by atoms with van der Waals surface area (Å²) in [6, 6.07) is 4.61. The van der Waals surface area contributed by atoms with Crippen molar-refractivity contribution in [3.63, 3.8) is 0 Å². The highest BCUT2D eigenvalue weighted by atomic mass is 32.5. The molecule has 5 aromatic rings. The van der Waals surface area contributed by atoms with Crippen LogP contribution in [0.25, 0.3) is 22.3 Å². The lowest BCUT2D eigenvalue weighted by Crippen LogP contribution is -2.45. The Morgan fingerprint density at radius 2 is 1.36 bits per heavy atom. The number of nitrogens with two attached hydrogens (primary N) is 3. The number of Topliss-reactive ketones (excluding diaryl/α,β-unsaturated/α-hetero) is 1. The number of imidazole rings is 2. The highest BCUT2D eigenvalue weighted by Crippen LogP contribution is 2.54.